The van der Waals surface area contributed by atoms with Gasteiger partial charge in [0.05, 0.1) is 11.7 Å². The highest BCUT2D eigenvalue weighted by Gasteiger charge is 1.96. The Labute approximate surface area is 170 Å². The van der Waals surface area contributed by atoms with Crippen molar-refractivity contribution in [1.82, 2.24) is 9.78 Å². The fourth-order valence-electron chi connectivity index (χ4n) is 2.56. The van der Waals surface area contributed by atoms with Gasteiger partial charge in [-0.3, -0.25) is 4.68 Å². The van der Waals surface area contributed by atoms with E-state index < -0.39 is 0 Å². The van der Waals surface area contributed by atoms with Crippen LogP contribution in [0.4, 0.5) is 0 Å². The summed E-state index contributed by atoms with van der Waals surface area (Å²) in [4.78, 5) is 0. The largest absolute Gasteiger partial charge is 0.268 e. The van der Waals surface area contributed by atoms with Crippen molar-refractivity contribution in [2.24, 2.45) is 7.05 Å². The summed E-state index contributed by atoms with van der Waals surface area (Å²) in [7, 11) is 1.96. The van der Waals surface area contributed by atoms with Crippen molar-refractivity contribution in [2.45, 2.75) is 42.0 Å². The number of aryl methyl sites for hydroxylation is 6. The van der Waals surface area contributed by atoms with Crippen LogP contribution in [0.25, 0.3) is 10.9 Å². The molecule has 2 nitrogen and oxygen atoms in total. The summed E-state index contributed by atoms with van der Waals surface area (Å²) in [6.45, 7) is 10.5. The summed E-state index contributed by atoms with van der Waals surface area (Å²) in [5.74, 6) is 0. The molecule has 28 heavy (non-hydrogen) atoms. The molecule has 4 rings (SSSR count). The van der Waals surface area contributed by atoms with Gasteiger partial charge >= 0.3 is 0 Å². The van der Waals surface area contributed by atoms with Crippen molar-refractivity contribution in [1.29, 1.82) is 0 Å². The minimum atomic E-state index is 0. The third-order valence-corrected chi connectivity index (χ3v) is 4.34. The fourth-order valence-corrected chi connectivity index (χ4v) is 2.56. The zero-order chi connectivity index (χ0) is 19.8. The number of nitrogens with zero attached hydrogens (tertiary/aromatic N) is 2. The van der Waals surface area contributed by atoms with Gasteiger partial charge in [-0.2, -0.15) is 5.10 Å². The Morgan fingerprint density at radius 3 is 1.32 bits per heavy atom. The van der Waals surface area contributed by atoms with Crippen LogP contribution in [0.5, 0.6) is 0 Å². The van der Waals surface area contributed by atoms with Crippen LogP contribution in [0.15, 0.2) is 72.9 Å². The maximum absolute atomic E-state index is 4.15. The maximum atomic E-state index is 4.15. The second-order valence-electron chi connectivity index (χ2n) is 7.14. The van der Waals surface area contributed by atoms with Gasteiger partial charge in [0.15, 0.2) is 0 Å². The van der Waals surface area contributed by atoms with Crippen LogP contribution in [0.1, 0.15) is 35.2 Å². The smallest absolute Gasteiger partial charge is 0.0679 e. The van der Waals surface area contributed by atoms with Crippen molar-refractivity contribution >= 4 is 10.9 Å². The van der Waals surface area contributed by atoms with Gasteiger partial charge in [0.1, 0.15) is 0 Å². The monoisotopic (exact) mass is 374 g/mol. The van der Waals surface area contributed by atoms with Gasteiger partial charge in [-0.25, -0.2) is 0 Å². The van der Waals surface area contributed by atoms with E-state index in [1.165, 1.54) is 38.7 Å². The number of hydrogen-bond acceptors (Lipinski definition) is 1. The molecule has 148 valence electrons. The average Bonchev–Trinajstić information content (AvgIpc) is 3.01. The summed E-state index contributed by atoms with van der Waals surface area (Å²) >= 11 is 0. The Hall–Kier alpha value is -2.87. The number of benzene rings is 3. The lowest BCUT2D eigenvalue weighted by Gasteiger charge is -1.93. The summed E-state index contributed by atoms with van der Waals surface area (Å²) in [5.41, 5.74) is 7.79. The SMILES string of the molecule is C.Cc1ccc(C)cc1.Cc1ccc(C)cc1.Cc1ccc2c(cnn2C)c1. The van der Waals surface area contributed by atoms with Crippen LogP contribution < -0.4 is 0 Å². The van der Waals surface area contributed by atoms with Gasteiger partial charge in [-0.1, -0.05) is 89.8 Å². The van der Waals surface area contributed by atoms with E-state index in [2.05, 4.69) is 106 Å². The first-order valence-corrected chi connectivity index (χ1v) is 9.30. The van der Waals surface area contributed by atoms with Crippen molar-refractivity contribution in [3.05, 3.63) is 101 Å². The van der Waals surface area contributed by atoms with Crippen LogP contribution in [-0.2, 0) is 7.05 Å². The molecule has 0 aliphatic heterocycles. The lowest BCUT2D eigenvalue weighted by atomic mass is 10.2. The van der Waals surface area contributed by atoms with E-state index in [0.717, 1.165) is 0 Å². The molecule has 0 saturated carbocycles. The van der Waals surface area contributed by atoms with Gasteiger partial charge in [0.25, 0.3) is 0 Å². The number of hydrogen-bond donors (Lipinski definition) is 0. The Bertz CT molecular complexity index is 876. The van der Waals surface area contributed by atoms with E-state index >= 15 is 0 Å². The van der Waals surface area contributed by atoms with Gasteiger partial charge in [-0.15, -0.1) is 0 Å². The normalized spacial score (nSPS) is 9.50. The molecule has 0 spiro atoms. The molecule has 0 unspecified atom stereocenters. The standard InChI is InChI=1S/C9H10N2.2C8H10.CH4/c1-7-3-4-9-8(5-7)6-10-11(9)2;2*1-7-3-5-8(2)6-4-7;/h3-6H,1-2H3;2*3-6H,1-2H3;1H4. The molecule has 3 aromatic carbocycles. The minimum Gasteiger partial charge on any atom is -0.268 e. The van der Waals surface area contributed by atoms with Crippen LogP contribution in [0, 0.1) is 34.6 Å². The Balaban J connectivity index is 0.000000211. The number of fused-ring (bicyclic) bond motifs is 1. The molecule has 0 fully saturated rings. The molecule has 0 bridgehead atoms. The lowest BCUT2D eigenvalue weighted by molar-refractivity contribution is 0.797. The molecule has 0 saturated heterocycles. The summed E-state index contributed by atoms with van der Waals surface area (Å²) in [6.07, 6.45) is 1.89. The van der Waals surface area contributed by atoms with Gasteiger partial charge in [0, 0.05) is 12.4 Å². The van der Waals surface area contributed by atoms with Crippen molar-refractivity contribution in [3.63, 3.8) is 0 Å². The lowest BCUT2D eigenvalue weighted by Crippen LogP contribution is -1.87. The van der Waals surface area contributed by atoms with Crippen LogP contribution in [0.3, 0.4) is 0 Å². The van der Waals surface area contributed by atoms with Crippen molar-refractivity contribution in [3.8, 4) is 0 Å². The second kappa shape index (κ2) is 11.1. The molecule has 0 amide bonds. The second-order valence-corrected chi connectivity index (χ2v) is 7.14. The van der Waals surface area contributed by atoms with Gasteiger partial charge < -0.3 is 0 Å². The molecule has 1 heterocycles. The highest BCUT2D eigenvalue weighted by Crippen LogP contribution is 2.13. The fraction of sp³-hybridized carbons (Fsp3) is 0.269. The highest BCUT2D eigenvalue weighted by molar-refractivity contribution is 5.79. The highest BCUT2D eigenvalue weighted by atomic mass is 15.2. The third-order valence-electron chi connectivity index (χ3n) is 4.34. The molecule has 0 radical (unpaired) electrons. The molecule has 0 atom stereocenters. The van der Waals surface area contributed by atoms with E-state index in [0.29, 0.717) is 0 Å². The number of aromatic nitrogens is 2. The zero-order valence-corrected chi connectivity index (χ0v) is 17.3. The van der Waals surface area contributed by atoms with Gasteiger partial charge in [0.2, 0.25) is 0 Å². The molecular formula is C26H34N2. The van der Waals surface area contributed by atoms with Crippen LogP contribution in [0.2, 0.25) is 0 Å². The molecule has 0 aliphatic carbocycles. The molecular weight excluding hydrogens is 340 g/mol. The molecule has 4 aromatic rings. The Morgan fingerprint density at radius 1 is 0.571 bits per heavy atom. The maximum Gasteiger partial charge on any atom is 0.0679 e. The van der Waals surface area contributed by atoms with Crippen molar-refractivity contribution < 1.29 is 0 Å². The summed E-state index contributed by atoms with van der Waals surface area (Å²) < 4.78 is 1.88. The van der Waals surface area contributed by atoms with E-state index in [-0.39, 0.29) is 7.43 Å². The van der Waals surface area contributed by atoms with E-state index in [1.54, 1.807) is 0 Å². The van der Waals surface area contributed by atoms with E-state index in [1.807, 2.05) is 17.9 Å². The zero-order valence-electron chi connectivity index (χ0n) is 17.3. The summed E-state index contributed by atoms with van der Waals surface area (Å²) in [6, 6.07) is 23.3. The van der Waals surface area contributed by atoms with Crippen LogP contribution >= 0.6 is 0 Å². The summed E-state index contributed by atoms with van der Waals surface area (Å²) in [5, 5.41) is 5.37. The van der Waals surface area contributed by atoms with E-state index in [4.69, 9.17) is 0 Å². The Kier molecular flexibility index (Phi) is 9.17. The van der Waals surface area contributed by atoms with Gasteiger partial charge in [-0.05, 0) is 46.8 Å². The van der Waals surface area contributed by atoms with Crippen LogP contribution in [-0.4, -0.2) is 9.78 Å². The predicted octanol–water partition coefficient (Wildman–Crippen LogP) is 7.12. The first-order chi connectivity index (χ1) is 12.8. The van der Waals surface area contributed by atoms with E-state index in [9.17, 15) is 0 Å². The number of rotatable bonds is 0. The molecule has 1 aromatic heterocycles. The Morgan fingerprint density at radius 2 is 0.929 bits per heavy atom. The molecule has 2 heteroatoms. The topological polar surface area (TPSA) is 17.8 Å². The minimum absolute atomic E-state index is 0. The first kappa shape index (κ1) is 23.2. The first-order valence-electron chi connectivity index (χ1n) is 9.30. The average molecular weight is 375 g/mol. The molecule has 0 aliphatic rings. The molecule has 0 N–H and O–H groups in total. The third kappa shape index (κ3) is 7.40. The quantitative estimate of drug-likeness (QED) is 0.320. The van der Waals surface area contributed by atoms with Crippen molar-refractivity contribution in [2.75, 3.05) is 0 Å². The predicted molar refractivity (Wildman–Crippen MR) is 124 cm³/mol.